The fourth-order valence-electron chi connectivity index (χ4n) is 3.10. The van der Waals surface area contributed by atoms with E-state index < -0.39 is 0 Å². The van der Waals surface area contributed by atoms with E-state index in [0.717, 1.165) is 16.9 Å². The first-order valence-electron chi connectivity index (χ1n) is 8.54. The standard InChI is InChI=1S/C22H18N2O2S/c1-2-22(26)23-16-12-11-15(13-19(16)25)14-24-17-7-3-5-9-20(17)27-21-10-6-4-8-18(21)24/h2-13,25H,1,14H2,(H,23,26). The van der Waals surface area contributed by atoms with Crippen LogP contribution in [0.25, 0.3) is 0 Å². The number of hydrogen-bond acceptors (Lipinski definition) is 4. The number of nitrogens with one attached hydrogen (secondary N) is 1. The van der Waals surface area contributed by atoms with Gasteiger partial charge in [-0.3, -0.25) is 4.79 Å². The molecule has 0 unspecified atom stereocenters. The van der Waals surface area contributed by atoms with Crippen LogP contribution in [0.1, 0.15) is 5.56 Å². The van der Waals surface area contributed by atoms with Gasteiger partial charge in [0.25, 0.3) is 0 Å². The Morgan fingerprint density at radius 1 is 1.04 bits per heavy atom. The van der Waals surface area contributed by atoms with Crippen molar-refractivity contribution >= 4 is 34.7 Å². The van der Waals surface area contributed by atoms with Crippen LogP contribution in [0.2, 0.25) is 0 Å². The monoisotopic (exact) mass is 374 g/mol. The molecule has 0 fully saturated rings. The largest absolute Gasteiger partial charge is 0.506 e. The third-order valence-electron chi connectivity index (χ3n) is 4.38. The normalized spacial score (nSPS) is 12.1. The SMILES string of the molecule is C=CC(=O)Nc1ccc(CN2c3ccccc3Sc3ccccc32)cc1O. The molecule has 0 spiro atoms. The summed E-state index contributed by atoms with van der Waals surface area (Å²) in [6.45, 7) is 4.03. The van der Waals surface area contributed by atoms with Crippen molar-refractivity contribution in [2.75, 3.05) is 10.2 Å². The van der Waals surface area contributed by atoms with Gasteiger partial charge in [0.05, 0.1) is 17.1 Å². The number of nitrogens with zero attached hydrogens (tertiary/aromatic N) is 1. The van der Waals surface area contributed by atoms with Crippen molar-refractivity contribution in [2.24, 2.45) is 0 Å². The highest BCUT2D eigenvalue weighted by atomic mass is 32.2. The molecule has 3 aromatic rings. The van der Waals surface area contributed by atoms with Crippen molar-refractivity contribution in [1.82, 2.24) is 0 Å². The average Bonchev–Trinajstić information content (AvgIpc) is 2.69. The number of phenolic OH excluding ortho intramolecular Hbond substituents is 1. The number of rotatable bonds is 4. The molecular weight excluding hydrogens is 356 g/mol. The zero-order valence-electron chi connectivity index (χ0n) is 14.6. The fraction of sp³-hybridized carbons (Fsp3) is 0.0455. The van der Waals surface area contributed by atoms with Gasteiger partial charge in [0.1, 0.15) is 5.75 Å². The van der Waals surface area contributed by atoms with E-state index in [1.54, 1.807) is 23.9 Å². The minimum absolute atomic E-state index is 0.0376. The first-order chi connectivity index (χ1) is 13.2. The molecule has 134 valence electrons. The molecule has 0 radical (unpaired) electrons. The second-order valence-electron chi connectivity index (χ2n) is 6.17. The molecule has 1 heterocycles. The third kappa shape index (κ3) is 3.41. The number of carbonyl (C=O) groups is 1. The maximum atomic E-state index is 11.5. The number of phenols is 1. The molecule has 4 rings (SSSR count). The molecule has 0 bridgehead atoms. The lowest BCUT2D eigenvalue weighted by molar-refractivity contribution is -0.111. The number of fused-ring (bicyclic) bond motifs is 2. The number of amides is 1. The molecule has 1 amide bonds. The molecule has 3 aromatic carbocycles. The molecule has 4 nitrogen and oxygen atoms in total. The van der Waals surface area contributed by atoms with Crippen LogP contribution in [0.4, 0.5) is 17.1 Å². The predicted octanol–water partition coefficient (Wildman–Crippen LogP) is 5.32. The average molecular weight is 374 g/mol. The van der Waals surface area contributed by atoms with E-state index in [2.05, 4.69) is 41.1 Å². The lowest BCUT2D eigenvalue weighted by Gasteiger charge is -2.32. The van der Waals surface area contributed by atoms with Crippen molar-refractivity contribution in [2.45, 2.75) is 16.3 Å². The molecule has 0 aliphatic carbocycles. The number of aromatic hydroxyl groups is 1. The Balaban J connectivity index is 1.68. The van der Waals surface area contributed by atoms with E-state index in [9.17, 15) is 9.90 Å². The smallest absolute Gasteiger partial charge is 0.247 e. The highest BCUT2D eigenvalue weighted by Gasteiger charge is 2.23. The van der Waals surface area contributed by atoms with E-state index in [-0.39, 0.29) is 11.7 Å². The van der Waals surface area contributed by atoms with Gasteiger partial charge in [-0.1, -0.05) is 48.7 Å². The number of para-hydroxylation sites is 2. The summed E-state index contributed by atoms with van der Waals surface area (Å²) in [5, 5.41) is 12.9. The van der Waals surface area contributed by atoms with E-state index in [1.165, 1.54) is 15.9 Å². The van der Waals surface area contributed by atoms with Crippen LogP contribution in [0.15, 0.2) is 89.2 Å². The first-order valence-corrected chi connectivity index (χ1v) is 9.36. The van der Waals surface area contributed by atoms with Crippen LogP contribution in [-0.2, 0) is 11.3 Å². The van der Waals surface area contributed by atoms with Crippen LogP contribution in [0.3, 0.4) is 0 Å². The number of benzene rings is 3. The van der Waals surface area contributed by atoms with Gasteiger partial charge in [-0.05, 0) is 48.0 Å². The minimum atomic E-state index is -0.353. The second-order valence-corrected chi connectivity index (χ2v) is 7.25. The molecule has 1 aliphatic heterocycles. The second kappa shape index (κ2) is 7.21. The Labute approximate surface area is 162 Å². The summed E-state index contributed by atoms with van der Waals surface area (Å²) in [7, 11) is 0. The van der Waals surface area contributed by atoms with Crippen LogP contribution in [0.5, 0.6) is 5.75 Å². The van der Waals surface area contributed by atoms with Crippen LogP contribution in [0, 0.1) is 0 Å². The Hall–Kier alpha value is -3.18. The quantitative estimate of drug-likeness (QED) is 0.479. The molecule has 5 heteroatoms. The maximum absolute atomic E-state index is 11.5. The Morgan fingerprint density at radius 3 is 2.26 bits per heavy atom. The van der Waals surface area contributed by atoms with Crippen molar-refractivity contribution < 1.29 is 9.90 Å². The van der Waals surface area contributed by atoms with Crippen molar-refractivity contribution in [1.29, 1.82) is 0 Å². The lowest BCUT2D eigenvalue weighted by Crippen LogP contribution is -2.20. The van der Waals surface area contributed by atoms with Crippen molar-refractivity contribution in [3.63, 3.8) is 0 Å². The van der Waals surface area contributed by atoms with E-state index in [0.29, 0.717) is 12.2 Å². The van der Waals surface area contributed by atoms with Crippen LogP contribution in [-0.4, -0.2) is 11.0 Å². The minimum Gasteiger partial charge on any atom is -0.506 e. The van der Waals surface area contributed by atoms with Gasteiger partial charge in [-0.2, -0.15) is 0 Å². The summed E-state index contributed by atoms with van der Waals surface area (Å²) < 4.78 is 0. The van der Waals surface area contributed by atoms with Gasteiger partial charge in [-0.15, -0.1) is 0 Å². The van der Waals surface area contributed by atoms with Gasteiger partial charge in [0, 0.05) is 16.3 Å². The molecule has 1 aliphatic rings. The van der Waals surface area contributed by atoms with E-state index in [4.69, 9.17) is 0 Å². The Bertz CT molecular complexity index is 987. The summed E-state index contributed by atoms with van der Waals surface area (Å²) >= 11 is 1.76. The first kappa shape index (κ1) is 17.2. The molecule has 0 saturated heterocycles. The molecule has 0 saturated carbocycles. The zero-order valence-corrected chi connectivity index (χ0v) is 15.4. The van der Waals surface area contributed by atoms with Crippen molar-refractivity contribution in [3.05, 3.63) is 84.9 Å². The Kier molecular flexibility index (Phi) is 4.60. The topological polar surface area (TPSA) is 52.6 Å². The molecular formula is C22H18N2O2S. The third-order valence-corrected chi connectivity index (χ3v) is 5.51. The van der Waals surface area contributed by atoms with Gasteiger partial charge in [0.2, 0.25) is 5.91 Å². The van der Waals surface area contributed by atoms with E-state index in [1.807, 2.05) is 30.3 Å². The van der Waals surface area contributed by atoms with Gasteiger partial charge in [-0.25, -0.2) is 0 Å². The summed E-state index contributed by atoms with van der Waals surface area (Å²) in [6.07, 6.45) is 1.17. The summed E-state index contributed by atoms with van der Waals surface area (Å²) in [4.78, 5) is 16.1. The molecule has 0 aromatic heterocycles. The molecule has 2 N–H and O–H groups in total. The summed E-state index contributed by atoms with van der Waals surface area (Å²) in [5.41, 5.74) is 3.61. The fourth-order valence-corrected chi connectivity index (χ4v) is 4.19. The van der Waals surface area contributed by atoms with E-state index >= 15 is 0 Å². The summed E-state index contributed by atoms with van der Waals surface area (Å²) in [5.74, 6) is -0.315. The lowest BCUT2D eigenvalue weighted by atomic mass is 10.1. The maximum Gasteiger partial charge on any atom is 0.247 e. The van der Waals surface area contributed by atoms with Crippen molar-refractivity contribution in [3.8, 4) is 5.75 Å². The van der Waals surface area contributed by atoms with Gasteiger partial charge in [0.15, 0.2) is 0 Å². The summed E-state index contributed by atoms with van der Waals surface area (Å²) in [6, 6.07) is 21.9. The van der Waals surface area contributed by atoms with Crippen LogP contribution < -0.4 is 10.2 Å². The number of hydrogen-bond donors (Lipinski definition) is 2. The number of anilines is 3. The predicted molar refractivity (Wildman–Crippen MR) is 110 cm³/mol. The van der Waals surface area contributed by atoms with Gasteiger partial charge < -0.3 is 15.3 Å². The molecule has 0 atom stereocenters. The highest BCUT2D eigenvalue weighted by Crippen LogP contribution is 2.48. The Morgan fingerprint density at radius 2 is 1.67 bits per heavy atom. The highest BCUT2D eigenvalue weighted by molar-refractivity contribution is 7.99. The van der Waals surface area contributed by atoms with Crippen LogP contribution >= 0.6 is 11.8 Å². The number of carbonyl (C=O) groups excluding carboxylic acids is 1. The molecule has 27 heavy (non-hydrogen) atoms. The van der Waals surface area contributed by atoms with Gasteiger partial charge >= 0.3 is 0 Å². The zero-order chi connectivity index (χ0) is 18.8.